The Morgan fingerprint density at radius 1 is 1.45 bits per heavy atom. The van der Waals surface area contributed by atoms with Crippen molar-refractivity contribution in [3.8, 4) is 0 Å². The minimum absolute atomic E-state index is 0.375. The third-order valence-electron chi connectivity index (χ3n) is 1.78. The van der Waals surface area contributed by atoms with Crippen LogP contribution in [0.2, 0.25) is 0 Å². The van der Waals surface area contributed by atoms with Crippen molar-refractivity contribution >= 4 is 11.3 Å². The zero-order chi connectivity index (χ0) is 8.43. The molecule has 0 unspecified atom stereocenters. The molecule has 1 heterocycles. The fourth-order valence-corrected chi connectivity index (χ4v) is 2.00. The lowest BCUT2D eigenvalue weighted by Crippen LogP contribution is -2.13. The molecule has 1 aromatic rings. The van der Waals surface area contributed by atoms with E-state index in [9.17, 15) is 0 Å². The molecular formula is C8H14N2S. The first-order valence-electron chi connectivity index (χ1n) is 3.76. The molecule has 11 heavy (non-hydrogen) atoms. The van der Waals surface area contributed by atoms with E-state index < -0.39 is 0 Å². The Kier molecular flexibility index (Phi) is 2.62. The van der Waals surface area contributed by atoms with E-state index in [0.29, 0.717) is 6.04 Å². The summed E-state index contributed by atoms with van der Waals surface area (Å²) in [7, 11) is 1.96. The summed E-state index contributed by atoms with van der Waals surface area (Å²) in [6.45, 7) is 6.29. The van der Waals surface area contributed by atoms with Crippen LogP contribution < -0.4 is 5.32 Å². The molecule has 0 spiro atoms. The third kappa shape index (κ3) is 1.79. The van der Waals surface area contributed by atoms with Gasteiger partial charge < -0.3 is 5.32 Å². The molecule has 0 aromatic carbocycles. The summed E-state index contributed by atoms with van der Waals surface area (Å²) >= 11 is 1.76. The summed E-state index contributed by atoms with van der Waals surface area (Å²) in [6.07, 6.45) is 0. The summed E-state index contributed by atoms with van der Waals surface area (Å²) < 4.78 is 0. The third-order valence-corrected chi connectivity index (χ3v) is 2.68. The van der Waals surface area contributed by atoms with Gasteiger partial charge in [-0.25, -0.2) is 4.98 Å². The molecular weight excluding hydrogens is 156 g/mol. The van der Waals surface area contributed by atoms with Gasteiger partial charge >= 0.3 is 0 Å². The highest BCUT2D eigenvalue weighted by atomic mass is 32.1. The van der Waals surface area contributed by atoms with E-state index in [0.717, 1.165) is 5.01 Å². The van der Waals surface area contributed by atoms with E-state index in [-0.39, 0.29) is 0 Å². The predicted molar refractivity (Wildman–Crippen MR) is 49.1 cm³/mol. The van der Waals surface area contributed by atoms with Gasteiger partial charge in [-0.05, 0) is 27.8 Å². The Balaban J connectivity index is 2.93. The van der Waals surface area contributed by atoms with Crippen LogP contribution >= 0.6 is 11.3 Å². The number of hydrogen-bond acceptors (Lipinski definition) is 3. The fourth-order valence-electron chi connectivity index (χ4n) is 1.08. The van der Waals surface area contributed by atoms with Gasteiger partial charge in [0.25, 0.3) is 0 Å². The van der Waals surface area contributed by atoms with Crippen molar-refractivity contribution in [1.29, 1.82) is 0 Å². The lowest BCUT2D eigenvalue weighted by atomic mass is 10.2. The van der Waals surface area contributed by atoms with Crippen molar-refractivity contribution in [1.82, 2.24) is 10.3 Å². The van der Waals surface area contributed by atoms with Crippen molar-refractivity contribution in [2.45, 2.75) is 26.8 Å². The van der Waals surface area contributed by atoms with Crippen molar-refractivity contribution < 1.29 is 0 Å². The number of thiazole rings is 1. The van der Waals surface area contributed by atoms with Crippen LogP contribution in [0.15, 0.2) is 0 Å². The molecule has 1 N–H and O–H groups in total. The van der Waals surface area contributed by atoms with Crippen LogP contribution in [0.4, 0.5) is 0 Å². The summed E-state index contributed by atoms with van der Waals surface area (Å²) in [4.78, 5) is 5.76. The Labute approximate surface area is 71.7 Å². The first-order valence-corrected chi connectivity index (χ1v) is 4.58. The van der Waals surface area contributed by atoms with E-state index >= 15 is 0 Å². The summed E-state index contributed by atoms with van der Waals surface area (Å²) in [5, 5.41) is 4.33. The maximum absolute atomic E-state index is 4.44. The second-order valence-electron chi connectivity index (χ2n) is 2.68. The zero-order valence-electron chi connectivity index (χ0n) is 7.43. The highest BCUT2D eigenvalue weighted by Gasteiger charge is 2.09. The van der Waals surface area contributed by atoms with Crippen LogP contribution in [0, 0.1) is 13.8 Å². The Bertz CT molecular complexity index is 242. The lowest BCUT2D eigenvalue weighted by molar-refractivity contribution is 0.632. The van der Waals surface area contributed by atoms with E-state index in [1.165, 1.54) is 10.6 Å². The van der Waals surface area contributed by atoms with Crippen molar-refractivity contribution in [3.05, 3.63) is 15.6 Å². The minimum atomic E-state index is 0.375. The molecule has 0 fully saturated rings. The van der Waals surface area contributed by atoms with E-state index in [1.807, 2.05) is 14.0 Å². The predicted octanol–water partition coefficient (Wildman–Crippen LogP) is 2.04. The summed E-state index contributed by atoms with van der Waals surface area (Å²) in [5.41, 5.74) is 1.19. The molecule has 1 atom stereocenters. The molecule has 1 rings (SSSR count). The molecule has 62 valence electrons. The van der Waals surface area contributed by atoms with Gasteiger partial charge in [0.1, 0.15) is 0 Å². The average molecular weight is 170 g/mol. The molecule has 1 aromatic heterocycles. The van der Waals surface area contributed by atoms with Gasteiger partial charge in [-0.15, -0.1) is 11.3 Å². The molecule has 0 radical (unpaired) electrons. The highest BCUT2D eigenvalue weighted by Crippen LogP contribution is 2.21. The second kappa shape index (κ2) is 3.32. The minimum Gasteiger partial charge on any atom is -0.312 e. The van der Waals surface area contributed by atoms with E-state index in [2.05, 4.69) is 24.1 Å². The molecule has 0 aliphatic rings. The smallest absolute Gasteiger partial charge is 0.0900 e. The molecule has 0 aliphatic carbocycles. The Morgan fingerprint density at radius 2 is 2.09 bits per heavy atom. The van der Waals surface area contributed by atoms with Gasteiger partial charge in [0.15, 0.2) is 0 Å². The van der Waals surface area contributed by atoms with E-state index in [4.69, 9.17) is 0 Å². The molecule has 2 nitrogen and oxygen atoms in total. The Morgan fingerprint density at radius 3 is 2.45 bits per heavy atom. The normalized spacial score (nSPS) is 13.5. The van der Waals surface area contributed by atoms with Crippen LogP contribution in [0.25, 0.3) is 0 Å². The standard InChI is InChI=1S/C8H14N2S/c1-5(9-4)8-6(2)11-7(3)10-8/h5,9H,1-4H3/t5-/m1/s1. The summed E-state index contributed by atoms with van der Waals surface area (Å²) in [5.74, 6) is 0. The first-order chi connectivity index (χ1) is 5.15. The molecule has 0 saturated heterocycles. The van der Waals surface area contributed by atoms with Crippen LogP contribution in [-0.2, 0) is 0 Å². The number of hydrogen-bond donors (Lipinski definition) is 1. The maximum atomic E-state index is 4.44. The van der Waals surface area contributed by atoms with Gasteiger partial charge in [0.05, 0.1) is 10.7 Å². The fraction of sp³-hybridized carbons (Fsp3) is 0.625. The van der Waals surface area contributed by atoms with Gasteiger partial charge in [0, 0.05) is 10.9 Å². The topological polar surface area (TPSA) is 24.9 Å². The quantitative estimate of drug-likeness (QED) is 0.734. The largest absolute Gasteiger partial charge is 0.312 e. The Hall–Kier alpha value is -0.410. The SMILES string of the molecule is CN[C@H](C)c1nc(C)sc1C. The number of nitrogens with zero attached hydrogens (tertiary/aromatic N) is 1. The van der Waals surface area contributed by atoms with Gasteiger partial charge in [-0.3, -0.25) is 0 Å². The van der Waals surface area contributed by atoms with Gasteiger partial charge in [-0.1, -0.05) is 0 Å². The molecule has 3 heteroatoms. The van der Waals surface area contributed by atoms with Crippen molar-refractivity contribution in [3.63, 3.8) is 0 Å². The summed E-state index contributed by atoms with van der Waals surface area (Å²) in [6, 6.07) is 0.375. The van der Waals surface area contributed by atoms with Crippen LogP contribution in [0.1, 0.15) is 28.5 Å². The van der Waals surface area contributed by atoms with Crippen molar-refractivity contribution in [2.75, 3.05) is 7.05 Å². The van der Waals surface area contributed by atoms with Crippen LogP contribution in [0.3, 0.4) is 0 Å². The lowest BCUT2D eigenvalue weighted by Gasteiger charge is -2.06. The zero-order valence-corrected chi connectivity index (χ0v) is 8.25. The number of aromatic nitrogens is 1. The van der Waals surface area contributed by atoms with Gasteiger partial charge in [-0.2, -0.15) is 0 Å². The number of aryl methyl sites for hydroxylation is 2. The molecule has 0 aliphatic heterocycles. The van der Waals surface area contributed by atoms with Gasteiger partial charge in [0.2, 0.25) is 0 Å². The second-order valence-corrected chi connectivity index (χ2v) is 4.09. The van der Waals surface area contributed by atoms with Crippen LogP contribution in [-0.4, -0.2) is 12.0 Å². The maximum Gasteiger partial charge on any atom is 0.0900 e. The average Bonchev–Trinajstić information content (AvgIpc) is 2.28. The van der Waals surface area contributed by atoms with E-state index in [1.54, 1.807) is 11.3 Å². The van der Waals surface area contributed by atoms with Crippen molar-refractivity contribution in [2.24, 2.45) is 0 Å². The monoisotopic (exact) mass is 170 g/mol. The molecule has 0 bridgehead atoms. The highest BCUT2D eigenvalue weighted by molar-refractivity contribution is 7.11. The number of nitrogens with one attached hydrogen (secondary N) is 1. The number of rotatable bonds is 2. The van der Waals surface area contributed by atoms with Crippen LogP contribution in [0.5, 0.6) is 0 Å². The molecule has 0 amide bonds. The first kappa shape index (κ1) is 8.68. The molecule has 0 saturated carbocycles.